The first-order chi connectivity index (χ1) is 16.1. The number of hydrogen-bond acceptors (Lipinski definition) is 4. The first-order valence-electron chi connectivity index (χ1n) is 11.5. The minimum absolute atomic E-state index is 0.0176. The predicted molar refractivity (Wildman–Crippen MR) is 129 cm³/mol. The van der Waals surface area contributed by atoms with Gasteiger partial charge in [-0.05, 0) is 62.3 Å². The van der Waals surface area contributed by atoms with Crippen LogP contribution in [0.3, 0.4) is 0 Å². The molecule has 0 atom stereocenters. The van der Waals surface area contributed by atoms with Crippen molar-refractivity contribution < 1.29 is 4.79 Å². The lowest BCUT2D eigenvalue weighted by atomic mass is 9.97. The van der Waals surface area contributed by atoms with Gasteiger partial charge in [0.2, 0.25) is 11.5 Å². The average Bonchev–Trinajstić information content (AvgIpc) is 3.29. The molecule has 0 radical (unpaired) electrons. The SMILES string of the molecule is Cc1ccc2c(c1)n(Cc1ccccc1)c(=O)c1nc(C(=O)NCCC3=CCCCC3)nn12. The Morgan fingerprint density at radius 3 is 2.73 bits per heavy atom. The van der Waals surface area contributed by atoms with E-state index in [4.69, 9.17) is 0 Å². The molecule has 0 bridgehead atoms. The van der Waals surface area contributed by atoms with E-state index < -0.39 is 0 Å². The molecule has 1 aliphatic rings. The molecule has 1 amide bonds. The van der Waals surface area contributed by atoms with E-state index in [0.717, 1.165) is 41.4 Å². The van der Waals surface area contributed by atoms with Crippen molar-refractivity contribution in [1.29, 1.82) is 0 Å². The van der Waals surface area contributed by atoms with Crippen molar-refractivity contribution in [3.05, 3.63) is 87.5 Å². The van der Waals surface area contributed by atoms with Crippen molar-refractivity contribution in [3.8, 4) is 0 Å². The summed E-state index contributed by atoms with van der Waals surface area (Å²) in [5, 5.41) is 7.32. The van der Waals surface area contributed by atoms with Gasteiger partial charge >= 0.3 is 0 Å². The number of fused-ring (bicyclic) bond motifs is 3. The molecule has 2 aromatic heterocycles. The largest absolute Gasteiger partial charge is 0.349 e. The van der Waals surface area contributed by atoms with Crippen molar-refractivity contribution in [1.82, 2.24) is 24.5 Å². The van der Waals surface area contributed by atoms with Crippen LogP contribution >= 0.6 is 0 Å². The molecule has 168 valence electrons. The second-order valence-corrected chi connectivity index (χ2v) is 8.65. The summed E-state index contributed by atoms with van der Waals surface area (Å²) in [6.45, 7) is 2.95. The maximum Gasteiger partial charge on any atom is 0.296 e. The first kappa shape index (κ1) is 21.1. The van der Waals surface area contributed by atoms with Crippen LogP contribution in [0.4, 0.5) is 0 Å². The van der Waals surface area contributed by atoms with E-state index in [-0.39, 0.29) is 22.9 Å². The summed E-state index contributed by atoms with van der Waals surface area (Å²) in [5.74, 6) is -0.339. The second kappa shape index (κ2) is 9.02. The maximum atomic E-state index is 13.4. The molecule has 0 spiro atoms. The lowest BCUT2D eigenvalue weighted by Crippen LogP contribution is -2.26. The topological polar surface area (TPSA) is 81.3 Å². The highest BCUT2D eigenvalue weighted by atomic mass is 16.2. The molecule has 0 unspecified atom stereocenters. The highest BCUT2D eigenvalue weighted by molar-refractivity contribution is 5.91. The van der Waals surface area contributed by atoms with Gasteiger partial charge in [-0.15, -0.1) is 5.10 Å². The maximum absolute atomic E-state index is 13.4. The van der Waals surface area contributed by atoms with E-state index in [2.05, 4.69) is 21.5 Å². The zero-order valence-corrected chi connectivity index (χ0v) is 18.8. The standard InChI is InChI=1S/C26H27N5O2/c1-18-12-13-21-22(16-18)30(17-20-10-6-3-7-11-20)26(33)24-28-23(29-31(21)24)25(32)27-15-14-19-8-4-2-5-9-19/h3,6-8,10-13,16H,2,4-5,9,14-15,17H2,1H3,(H,27,32). The van der Waals surface area contributed by atoms with Crippen molar-refractivity contribution >= 4 is 22.6 Å². The van der Waals surface area contributed by atoms with Crippen LogP contribution in [0.1, 0.15) is 53.8 Å². The summed E-state index contributed by atoms with van der Waals surface area (Å²) in [4.78, 5) is 30.5. The Kier molecular flexibility index (Phi) is 5.77. The monoisotopic (exact) mass is 441 g/mol. The van der Waals surface area contributed by atoms with E-state index in [0.29, 0.717) is 13.1 Å². The quantitative estimate of drug-likeness (QED) is 0.458. The number of rotatable bonds is 6. The summed E-state index contributed by atoms with van der Waals surface area (Å²) >= 11 is 0. The van der Waals surface area contributed by atoms with Crippen molar-refractivity contribution in [2.45, 2.75) is 45.6 Å². The van der Waals surface area contributed by atoms with Gasteiger partial charge in [-0.1, -0.05) is 48.0 Å². The molecule has 1 aliphatic carbocycles. The number of hydrogen-bond donors (Lipinski definition) is 1. The van der Waals surface area contributed by atoms with Gasteiger partial charge in [0.1, 0.15) is 0 Å². The highest BCUT2D eigenvalue weighted by Crippen LogP contribution is 2.20. The minimum Gasteiger partial charge on any atom is -0.349 e. The molecule has 0 fully saturated rings. The summed E-state index contributed by atoms with van der Waals surface area (Å²) in [7, 11) is 0. The number of amides is 1. The molecule has 4 aromatic rings. The predicted octanol–water partition coefficient (Wildman–Crippen LogP) is 4.02. The lowest BCUT2D eigenvalue weighted by Gasteiger charge is -2.12. The molecule has 0 saturated carbocycles. The zero-order valence-electron chi connectivity index (χ0n) is 18.8. The fourth-order valence-electron chi connectivity index (χ4n) is 4.44. The Morgan fingerprint density at radius 2 is 1.94 bits per heavy atom. The normalized spacial score (nSPS) is 13.9. The average molecular weight is 442 g/mol. The Bertz CT molecular complexity index is 1420. The lowest BCUT2D eigenvalue weighted by molar-refractivity contribution is 0.0944. The van der Waals surface area contributed by atoms with Crippen LogP contribution in [0.25, 0.3) is 16.7 Å². The second-order valence-electron chi connectivity index (χ2n) is 8.65. The number of carbonyl (C=O) groups is 1. The first-order valence-corrected chi connectivity index (χ1v) is 11.5. The van der Waals surface area contributed by atoms with Crippen LogP contribution in [0.15, 0.2) is 65.0 Å². The zero-order chi connectivity index (χ0) is 22.8. The van der Waals surface area contributed by atoms with E-state index >= 15 is 0 Å². The summed E-state index contributed by atoms with van der Waals surface area (Å²) in [6, 6.07) is 15.7. The molecule has 33 heavy (non-hydrogen) atoms. The van der Waals surface area contributed by atoms with Crippen LogP contribution < -0.4 is 10.9 Å². The molecule has 7 nitrogen and oxygen atoms in total. The fourth-order valence-corrected chi connectivity index (χ4v) is 4.44. The molecular weight excluding hydrogens is 414 g/mol. The third-order valence-electron chi connectivity index (χ3n) is 6.20. The summed E-state index contributed by atoms with van der Waals surface area (Å²) in [6.07, 6.45) is 7.81. The van der Waals surface area contributed by atoms with E-state index in [9.17, 15) is 9.59 Å². The van der Waals surface area contributed by atoms with E-state index in [1.54, 1.807) is 4.57 Å². The molecule has 7 heteroatoms. The third-order valence-corrected chi connectivity index (χ3v) is 6.20. The molecular formula is C26H27N5O2. The number of aryl methyl sites for hydroxylation is 1. The Balaban J connectivity index is 1.49. The van der Waals surface area contributed by atoms with Gasteiger partial charge in [0.25, 0.3) is 11.5 Å². The van der Waals surface area contributed by atoms with Crippen molar-refractivity contribution in [2.24, 2.45) is 0 Å². The molecule has 2 heterocycles. The smallest absolute Gasteiger partial charge is 0.296 e. The van der Waals surface area contributed by atoms with Gasteiger partial charge in [0.15, 0.2) is 0 Å². The summed E-state index contributed by atoms with van der Waals surface area (Å²) in [5.41, 5.74) is 4.84. The van der Waals surface area contributed by atoms with Crippen LogP contribution in [0, 0.1) is 6.92 Å². The number of carbonyl (C=O) groups excluding carboxylic acids is 1. The van der Waals surface area contributed by atoms with Gasteiger partial charge in [-0.3, -0.25) is 14.2 Å². The number of allylic oxidation sites excluding steroid dienone is 1. The number of nitrogens with one attached hydrogen (secondary N) is 1. The third kappa shape index (κ3) is 4.31. The van der Waals surface area contributed by atoms with E-state index in [1.165, 1.54) is 22.9 Å². The van der Waals surface area contributed by atoms with Gasteiger partial charge in [0.05, 0.1) is 17.6 Å². The molecule has 0 aliphatic heterocycles. The Labute approximate surface area is 191 Å². The number of nitrogens with zero attached hydrogens (tertiary/aromatic N) is 4. The van der Waals surface area contributed by atoms with Crippen LogP contribution in [0.5, 0.6) is 0 Å². The highest BCUT2D eigenvalue weighted by Gasteiger charge is 2.19. The molecule has 5 rings (SSSR count). The molecule has 1 N–H and O–H groups in total. The van der Waals surface area contributed by atoms with Gasteiger partial charge < -0.3 is 5.32 Å². The van der Waals surface area contributed by atoms with Gasteiger partial charge in [0, 0.05) is 6.54 Å². The number of benzene rings is 2. The van der Waals surface area contributed by atoms with Crippen molar-refractivity contribution in [3.63, 3.8) is 0 Å². The Morgan fingerprint density at radius 1 is 1.09 bits per heavy atom. The van der Waals surface area contributed by atoms with Crippen LogP contribution in [0.2, 0.25) is 0 Å². The number of aromatic nitrogens is 4. The van der Waals surface area contributed by atoms with Crippen LogP contribution in [-0.4, -0.2) is 31.6 Å². The molecule has 2 aromatic carbocycles. The van der Waals surface area contributed by atoms with Crippen LogP contribution in [-0.2, 0) is 6.54 Å². The fraction of sp³-hybridized carbons (Fsp3) is 0.308. The minimum atomic E-state index is -0.357. The van der Waals surface area contributed by atoms with E-state index in [1.807, 2.05) is 55.5 Å². The van der Waals surface area contributed by atoms with Gasteiger partial charge in [-0.2, -0.15) is 4.98 Å². The summed E-state index contributed by atoms with van der Waals surface area (Å²) < 4.78 is 3.20. The van der Waals surface area contributed by atoms with Gasteiger partial charge in [-0.25, -0.2) is 4.52 Å². The molecule has 0 saturated heterocycles. The Hall–Kier alpha value is -3.74. The van der Waals surface area contributed by atoms with Crippen molar-refractivity contribution in [2.75, 3.05) is 6.54 Å².